The SMILES string of the molecule is CCNC(=O)CCNc1cc(C(=O)NC)ccc1N. The molecule has 0 unspecified atom stereocenters. The summed E-state index contributed by atoms with van der Waals surface area (Å²) in [5, 5.41) is 8.31. The zero-order valence-corrected chi connectivity index (χ0v) is 11.2. The Morgan fingerprint density at radius 2 is 2.05 bits per heavy atom. The van der Waals surface area contributed by atoms with Gasteiger partial charge in [-0.05, 0) is 25.1 Å². The fraction of sp³-hybridized carbons (Fsp3) is 0.385. The van der Waals surface area contributed by atoms with Crippen LogP contribution in [0.4, 0.5) is 11.4 Å². The van der Waals surface area contributed by atoms with Crippen molar-refractivity contribution < 1.29 is 9.59 Å². The van der Waals surface area contributed by atoms with Crippen LogP contribution in [0.25, 0.3) is 0 Å². The lowest BCUT2D eigenvalue weighted by atomic mass is 10.1. The molecule has 104 valence electrons. The van der Waals surface area contributed by atoms with Crippen molar-refractivity contribution in [1.82, 2.24) is 10.6 Å². The first-order valence-corrected chi connectivity index (χ1v) is 6.20. The minimum atomic E-state index is -0.174. The van der Waals surface area contributed by atoms with E-state index in [2.05, 4.69) is 16.0 Å². The van der Waals surface area contributed by atoms with Crippen LogP contribution in [0, 0.1) is 0 Å². The summed E-state index contributed by atoms with van der Waals surface area (Å²) in [4.78, 5) is 22.8. The van der Waals surface area contributed by atoms with Gasteiger partial charge in [0, 0.05) is 32.1 Å². The number of hydrogen-bond acceptors (Lipinski definition) is 4. The van der Waals surface area contributed by atoms with Crippen molar-refractivity contribution >= 4 is 23.2 Å². The number of carbonyl (C=O) groups excluding carboxylic acids is 2. The van der Waals surface area contributed by atoms with E-state index in [1.165, 1.54) is 0 Å². The molecule has 0 aliphatic carbocycles. The molecule has 2 amide bonds. The molecule has 6 nitrogen and oxygen atoms in total. The Hall–Kier alpha value is -2.24. The van der Waals surface area contributed by atoms with E-state index in [9.17, 15) is 9.59 Å². The van der Waals surface area contributed by atoms with E-state index >= 15 is 0 Å². The van der Waals surface area contributed by atoms with Crippen molar-refractivity contribution in [3.8, 4) is 0 Å². The highest BCUT2D eigenvalue weighted by Crippen LogP contribution is 2.19. The number of amides is 2. The van der Waals surface area contributed by atoms with Crippen molar-refractivity contribution in [1.29, 1.82) is 0 Å². The number of nitrogens with two attached hydrogens (primary N) is 1. The van der Waals surface area contributed by atoms with Gasteiger partial charge in [0.25, 0.3) is 5.91 Å². The first-order chi connectivity index (χ1) is 9.08. The maximum absolute atomic E-state index is 11.5. The molecule has 0 heterocycles. The maximum atomic E-state index is 11.5. The van der Waals surface area contributed by atoms with E-state index in [1.807, 2.05) is 6.92 Å². The van der Waals surface area contributed by atoms with Gasteiger partial charge in [-0.15, -0.1) is 0 Å². The third-order valence-electron chi connectivity index (χ3n) is 2.58. The van der Waals surface area contributed by atoms with Crippen molar-refractivity contribution in [2.24, 2.45) is 0 Å². The summed E-state index contributed by atoms with van der Waals surface area (Å²) in [5.41, 5.74) is 7.54. The molecule has 0 bridgehead atoms. The van der Waals surface area contributed by atoms with Gasteiger partial charge in [0.15, 0.2) is 0 Å². The van der Waals surface area contributed by atoms with Crippen LogP contribution in [-0.2, 0) is 4.79 Å². The summed E-state index contributed by atoms with van der Waals surface area (Å²) in [5.74, 6) is -0.192. The largest absolute Gasteiger partial charge is 0.397 e. The second-order valence-electron chi connectivity index (χ2n) is 4.01. The lowest BCUT2D eigenvalue weighted by molar-refractivity contribution is -0.120. The van der Waals surface area contributed by atoms with Gasteiger partial charge in [-0.3, -0.25) is 9.59 Å². The Morgan fingerprint density at radius 3 is 2.68 bits per heavy atom. The van der Waals surface area contributed by atoms with Crippen LogP contribution < -0.4 is 21.7 Å². The number of anilines is 2. The molecule has 0 aliphatic rings. The normalized spacial score (nSPS) is 9.79. The average molecular weight is 264 g/mol. The molecule has 0 spiro atoms. The predicted octanol–water partition coefficient (Wildman–Crippen LogP) is 0.566. The number of nitrogens with one attached hydrogen (secondary N) is 3. The third kappa shape index (κ3) is 4.50. The van der Waals surface area contributed by atoms with E-state index in [4.69, 9.17) is 5.73 Å². The molecule has 19 heavy (non-hydrogen) atoms. The van der Waals surface area contributed by atoms with E-state index in [-0.39, 0.29) is 11.8 Å². The highest BCUT2D eigenvalue weighted by molar-refractivity contribution is 5.96. The Kier molecular flexibility index (Phi) is 5.66. The van der Waals surface area contributed by atoms with Gasteiger partial charge in [-0.1, -0.05) is 0 Å². The first kappa shape index (κ1) is 14.8. The number of nitrogen functional groups attached to an aromatic ring is 1. The van der Waals surface area contributed by atoms with Gasteiger partial charge in [0.1, 0.15) is 0 Å². The van der Waals surface area contributed by atoms with E-state index in [0.29, 0.717) is 36.4 Å². The summed E-state index contributed by atoms with van der Waals surface area (Å²) in [6, 6.07) is 4.99. The molecule has 0 aliphatic heterocycles. The fourth-order valence-electron chi connectivity index (χ4n) is 1.59. The summed E-state index contributed by atoms with van der Waals surface area (Å²) >= 11 is 0. The molecular weight excluding hydrogens is 244 g/mol. The molecule has 1 aromatic carbocycles. The van der Waals surface area contributed by atoms with Gasteiger partial charge in [0.2, 0.25) is 5.91 Å². The maximum Gasteiger partial charge on any atom is 0.251 e. The van der Waals surface area contributed by atoms with Gasteiger partial charge in [-0.25, -0.2) is 0 Å². The zero-order valence-electron chi connectivity index (χ0n) is 11.2. The third-order valence-corrected chi connectivity index (χ3v) is 2.58. The fourth-order valence-corrected chi connectivity index (χ4v) is 1.59. The molecule has 6 heteroatoms. The molecule has 0 saturated heterocycles. The second kappa shape index (κ2) is 7.25. The molecule has 5 N–H and O–H groups in total. The zero-order chi connectivity index (χ0) is 14.3. The van der Waals surface area contributed by atoms with E-state index in [0.717, 1.165) is 0 Å². The van der Waals surface area contributed by atoms with Crippen LogP contribution in [-0.4, -0.2) is 32.0 Å². The average Bonchev–Trinajstić information content (AvgIpc) is 2.40. The highest BCUT2D eigenvalue weighted by Gasteiger charge is 2.07. The minimum absolute atomic E-state index is 0.0176. The van der Waals surface area contributed by atoms with E-state index < -0.39 is 0 Å². The van der Waals surface area contributed by atoms with Crippen LogP contribution in [0.1, 0.15) is 23.7 Å². The standard InChI is InChI=1S/C13H20N4O2/c1-3-16-12(18)6-7-17-11-8-9(13(19)15-2)4-5-10(11)14/h4-5,8,17H,3,6-7,14H2,1-2H3,(H,15,19)(H,16,18). The molecule has 1 rings (SSSR count). The topological polar surface area (TPSA) is 96.2 Å². The van der Waals surface area contributed by atoms with Crippen molar-refractivity contribution in [2.45, 2.75) is 13.3 Å². The Balaban J connectivity index is 2.62. The predicted molar refractivity (Wildman–Crippen MR) is 76.0 cm³/mol. The summed E-state index contributed by atoms with van der Waals surface area (Å²) in [7, 11) is 1.57. The second-order valence-corrected chi connectivity index (χ2v) is 4.01. The molecule has 1 aromatic rings. The van der Waals surface area contributed by atoms with Gasteiger partial charge < -0.3 is 21.7 Å². The number of benzene rings is 1. The van der Waals surface area contributed by atoms with Crippen molar-refractivity contribution in [3.05, 3.63) is 23.8 Å². The smallest absolute Gasteiger partial charge is 0.251 e. The number of hydrogen-bond donors (Lipinski definition) is 4. The number of carbonyl (C=O) groups is 2. The van der Waals surface area contributed by atoms with Crippen LogP contribution in [0.2, 0.25) is 0 Å². The first-order valence-electron chi connectivity index (χ1n) is 6.20. The Morgan fingerprint density at radius 1 is 1.32 bits per heavy atom. The Bertz CT molecular complexity index is 460. The monoisotopic (exact) mass is 264 g/mol. The quantitative estimate of drug-likeness (QED) is 0.565. The highest BCUT2D eigenvalue weighted by atomic mass is 16.2. The van der Waals surface area contributed by atoms with Crippen LogP contribution in [0.5, 0.6) is 0 Å². The molecule has 0 radical (unpaired) electrons. The molecule has 0 fully saturated rings. The summed E-state index contributed by atoms with van der Waals surface area (Å²) < 4.78 is 0. The molecule has 0 saturated carbocycles. The lowest BCUT2D eigenvalue weighted by Crippen LogP contribution is -2.25. The van der Waals surface area contributed by atoms with E-state index in [1.54, 1.807) is 25.2 Å². The summed E-state index contributed by atoms with van der Waals surface area (Å²) in [6.07, 6.45) is 0.359. The van der Waals surface area contributed by atoms with Gasteiger partial charge in [-0.2, -0.15) is 0 Å². The molecule has 0 atom stereocenters. The van der Waals surface area contributed by atoms with Gasteiger partial charge >= 0.3 is 0 Å². The molecule has 0 aromatic heterocycles. The number of rotatable bonds is 6. The van der Waals surface area contributed by atoms with Crippen molar-refractivity contribution in [2.75, 3.05) is 31.2 Å². The minimum Gasteiger partial charge on any atom is -0.397 e. The van der Waals surface area contributed by atoms with Crippen LogP contribution >= 0.6 is 0 Å². The van der Waals surface area contributed by atoms with Crippen LogP contribution in [0.3, 0.4) is 0 Å². The molecular formula is C13H20N4O2. The Labute approximate surface area is 112 Å². The van der Waals surface area contributed by atoms with Crippen LogP contribution in [0.15, 0.2) is 18.2 Å². The summed E-state index contributed by atoms with van der Waals surface area (Å²) in [6.45, 7) is 2.95. The van der Waals surface area contributed by atoms with Crippen molar-refractivity contribution in [3.63, 3.8) is 0 Å². The van der Waals surface area contributed by atoms with Gasteiger partial charge in [0.05, 0.1) is 11.4 Å². The lowest BCUT2D eigenvalue weighted by Gasteiger charge is -2.10.